The van der Waals surface area contributed by atoms with Gasteiger partial charge >= 0.3 is 12.2 Å². The van der Waals surface area contributed by atoms with E-state index in [1.54, 1.807) is 15.1 Å². The Morgan fingerprint density at radius 2 is 1.79 bits per heavy atom. The molecule has 1 aromatic carbocycles. The fraction of sp³-hybridized carbons (Fsp3) is 0.346. The van der Waals surface area contributed by atoms with Crippen molar-refractivity contribution in [1.82, 2.24) is 25.5 Å². The van der Waals surface area contributed by atoms with Gasteiger partial charge in [-0.2, -0.15) is 13.2 Å². The predicted molar refractivity (Wildman–Crippen MR) is 140 cm³/mol. The van der Waals surface area contributed by atoms with Crippen LogP contribution in [0.2, 0.25) is 0 Å². The van der Waals surface area contributed by atoms with E-state index in [0.29, 0.717) is 32.2 Å². The molecule has 0 radical (unpaired) electrons. The lowest BCUT2D eigenvalue weighted by Crippen LogP contribution is -2.49. The lowest BCUT2D eigenvalue weighted by molar-refractivity contribution is -0.158. The van der Waals surface area contributed by atoms with Crippen molar-refractivity contribution in [1.29, 1.82) is 0 Å². The molecule has 2 aromatic heterocycles. The van der Waals surface area contributed by atoms with Gasteiger partial charge in [-0.1, -0.05) is 6.58 Å². The van der Waals surface area contributed by atoms with Gasteiger partial charge in [-0.15, -0.1) is 0 Å². The lowest BCUT2D eigenvalue weighted by atomic mass is 10.1. The summed E-state index contributed by atoms with van der Waals surface area (Å²) in [4.78, 5) is 47.7. The SMILES string of the molecule is C=CC(=O)NCCC(=O)N1CCN(c2ncc(NC(=O)N[C@H](c3oc4c(F)cc(F)cc4c3C)C(F)(F)F)cn2)CC1. The van der Waals surface area contributed by atoms with E-state index in [0.717, 1.165) is 12.1 Å². The van der Waals surface area contributed by atoms with Crippen molar-refractivity contribution < 1.29 is 40.8 Å². The Bertz CT molecular complexity index is 1480. The lowest BCUT2D eigenvalue weighted by Gasteiger charge is -2.34. The summed E-state index contributed by atoms with van der Waals surface area (Å²) in [5.74, 6) is -3.16. The van der Waals surface area contributed by atoms with Crippen molar-refractivity contribution in [2.45, 2.75) is 25.6 Å². The summed E-state index contributed by atoms with van der Waals surface area (Å²) in [6.07, 6.45) is -1.37. The van der Waals surface area contributed by atoms with Crippen LogP contribution in [0, 0.1) is 18.6 Å². The average molecular weight is 596 g/mol. The Kier molecular flexibility index (Phi) is 8.92. The normalized spacial score (nSPS) is 14.4. The standard InChI is InChI=1S/C26H26F5N7O4/c1-3-19(39)32-5-4-20(40)37-6-8-38(9-7-37)24-33-12-16(13-34-24)35-25(41)36-23(26(29,30)31)21-14(2)17-10-15(27)11-18(28)22(17)42-21/h3,10-13,23H,1,4-9H2,2H3,(H,32,39)(H2,35,36,41)/t23-/m1/s1. The van der Waals surface area contributed by atoms with E-state index in [2.05, 4.69) is 27.2 Å². The minimum Gasteiger partial charge on any atom is -0.455 e. The van der Waals surface area contributed by atoms with E-state index in [9.17, 15) is 36.3 Å². The molecule has 3 N–H and O–H groups in total. The molecule has 3 heterocycles. The number of hydrogen-bond acceptors (Lipinski definition) is 7. The van der Waals surface area contributed by atoms with Gasteiger partial charge in [0.05, 0.1) is 18.1 Å². The van der Waals surface area contributed by atoms with Crippen LogP contribution < -0.4 is 20.9 Å². The molecule has 0 unspecified atom stereocenters. The molecule has 0 saturated carbocycles. The van der Waals surface area contributed by atoms with Gasteiger partial charge in [-0.05, 0) is 19.1 Å². The Labute approximate surface area is 235 Å². The molecule has 1 aliphatic heterocycles. The fourth-order valence-electron chi connectivity index (χ4n) is 4.36. The Balaban J connectivity index is 1.35. The smallest absolute Gasteiger partial charge is 0.416 e. The minimum atomic E-state index is -5.03. The molecular formula is C26H26F5N7O4. The van der Waals surface area contributed by atoms with Gasteiger partial charge in [0.1, 0.15) is 11.6 Å². The van der Waals surface area contributed by atoms with E-state index in [1.807, 2.05) is 0 Å². The first-order valence-corrected chi connectivity index (χ1v) is 12.6. The quantitative estimate of drug-likeness (QED) is 0.268. The van der Waals surface area contributed by atoms with Crippen molar-refractivity contribution in [2.24, 2.45) is 0 Å². The molecule has 0 aliphatic carbocycles. The number of hydrogen-bond donors (Lipinski definition) is 3. The third-order valence-corrected chi connectivity index (χ3v) is 6.49. The highest BCUT2D eigenvalue weighted by Crippen LogP contribution is 2.39. The number of amides is 4. The number of benzene rings is 1. The Morgan fingerprint density at radius 1 is 1.12 bits per heavy atom. The molecule has 1 saturated heterocycles. The van der Waals surface area contributed by atoms with Crippen LogP contribution in [0.25, 0.3) is 11.0 Å². The summed E-state index contributed by atoms with van der Waals surface area (Å²) in [5, 5.41) is 6.32. The van der Waals surface area contributed by atoms with E-state index in [4.69, 9.17) is 4.42 Å². The number of rotatable bonds is 8. The maximum atomic E-state index is 14.1. The van der Waals surface area contributed by atoms with Crippen molar-refractivity contribution in [3.05, 3.63) is 60.1 Å². The number of carbonyl (C=O) groups is 3. The predicted octanol–water partition coefficient (Wildman–Crippen LogP) is 3.58. The molecule has 224 valence electrons. The molecule has 0 spiro atoms. The Morgan fingerprint density at radius 3 is 2.40 bits per heavy atom. The van der Waals surface area contributed by atoms with Crippen LogP contribution in [0.5, 0.6) is 0 Å². The molecule has 42 heavy (non-hydrogen) atoms. The number of nitrogens with one attached hydrogen (secondary N) is 3. The van der Waals surface area contributed by atoms with Gasteiger partial charge in [0.15, 0.2) is 17.4 Å². The van der Waals surface area contributed by atoms with Crippen LogP contribution >= 0.6 is 0 Å². The minimum absolute atomic E-state index is 0.0120. The zero-order chi connectivity index (χ0) is 30.6. The van der Waals surface area contributed by atoms with Gasteiger partial charge in [0.25, 0.3) is 0 Å². The van der Waals surface area contributed by atoms with E-state index in [-0.39, 0.29) is 47.4 Å². The largest absolute Gasteiger partial charge is 0.455 e. The van der Waals surface area contributed by atoms with Crippen molar-refractivity contribution in [2.75, 3.05) is 42.9 Å². The van der Waals surface area contributed by atoms with Crippen molar-refractivity contribution >= 4 is 40.5 Å². The second-order valence-electron chi connectivity index (χ2n) is 9.31. The molecule has 4 rings (SSSR count). The first kappa shape index (κ1) is 30.2. The molecule has 16 heteroatoms. The highest BCUT2D eigenvalue weighted by molar-refractivity contribution is 5.90. The zero-order valence-electron chi connectivity index (χ0n) is 22.2. The Hall–Kier alpha value is -4.76. The van der Waals surface area contributed by atoms with Gasteiger partial charge in [0, 0.05) is 56.2 Å². The van der Waals surface area contributed by atoms with Crippen LogP contribution in [0.4, 0.5) is 38.4 Å². The molecule has 1 fully saturated rings. The third-order valence-electron chi connectivity index (χ3n) is 6.49. The number of halogens is 5. The van der Waals surface area contributed by atoms with E-state index in [1.165, 1.54) is 19.3 Å². The van der Waals surface area contributed by atoms with Crippen LogP contribution in [0.3, 0.4) is 0 Å². The van der Waals surface area contributed by atoms with Crippen molar-refractivity contribution in [3.63, 3.8) is 0 Å². The maximum Gasteiger partial charge on any atom is 0.416 e. The number of aryl methyl sites for hydroxylation is 1. The summed E-state index contributed by atoms with van der Waals surface area (Å²) in [7, 11) is 0. The second kappa shape index (κ2) is 12.4. The molecule has 1 aliphatic rings. The van der Waals surface area contributed by atoms with Crippen LogP contribution in [-0.4, -0.2) is 71.6 Å². The topological polar surface area (TPSA) is 133 Å². The third kappa shape index (κ3) is 6.92. The van der Waals surface area contributed by atoms with Gasteiger partial charge in [-0.25, -0.2) is 23.5 Å². The molecule has 0 bridgehead atoms. The number of piperazine rings is 1. The fourth-order valence-corrected chi connectivity index (χ4v) is 4.36. The zero-order valence-corrected chi connectivity index (χ0v) is 22.2. The first-order chi connectivity index (χ1) is 19.9. The maximum absolute atomic E-state index is 14.1. The highest BCUT2D eigenvalue weighted by Gasteiger charge is 2.45. The van der Waals surface area contributed by atoms with E-state index < -0.39 is 41.2 Å². The summed E-state index contributed by atoms with van der Waals surface area (Å²) in [6, 6.07) is -2.60. The highest BCUT2D eigenvalue weighted by atomic mass is 19.4. The van der Waals surface area contributed by atoms with Gasteiger partial charge in [0.2, 0.25) is 17.8 Å². The number of aromatic nitrogens is 2. The van der Waals surface area contributed by atoms with Crippen LogP contribution in [0.1, 0.15) is 23.8 Å². The monoisotopic (exact) mass is 595 g/mol. The molecular weight excluding hydrogens is 569 g/mol. The summed E-state index contributed by atoms with van der Waals surface area (Å²) < 4.78 is 74.5. The molecule has 1 atom stereocenters. The average Bonchev–Trinajstić information content (AvgIpc) is 3.27. The number of alkyl halides is 3. The summed E-state index contributed by atoms with van der Waals surface area (Å²) >= 11 is 0. The molecule has 3 aromatic rings. The van der Waals surface area contributed by atoms with Gasteiger partial charge in [-0.3, -0.25) is 9.59 Å². The number of fused-ring (bicyclic) bond motifs is 1. The number of nitrogens with zero attached hydrogens (tertiary/aromatic N) is 4. The van der Waals surface area contributed by atoms with Crippen LogP contribution in [0.15, 0.2) is 41.6 Å². The molecule has 4 amide bonds. The number of anilines is 2. The number of urea groups is 1. The number of carbonyl (C=O) groups excluding carboxylic acids is 3. The van der Waals surface area contributed by atoms with Gasteiger partial charge < -0.3 is 30.2 Å². The second-order valence-corrected chi connectivity index (χ2v) is 9.31. The first-order valence-electron chi connectivity index (χ1n) is 12.6. The number of furan rings is 1. The van der Waals surface area contributed by atoms with E-state index >= 15 is 0 Å². The summed E-state index contributed by atoms with van der Waals surface area (Å²) in [5.41, 5.74) is -0.756. The summed E-state index contributed by atoms with van der Waals surface area (Å²) in [6.45, 7) is 6.32. The van der Waals surface area contributed by atoms with Crippen molar-refractivity contribution in [3.8, 4) is 0 Å². The molecule has 11 nitrogen and oxygen atoms in total. The van der Waals surface area contributed by atoms with Crippen LogP contribution in [-0.2, 0) is 9.59 Å².